The summed E-state index contributed by atoms with van der Waals surface area (Å²) in [5, 5.41) is 2.83. The molecule has 2 heterocycles. The summed E-state index contributed by atoms with van der Waals surface area (Å²) in [5.41, 5.74) is 2.85. The summed E-state index contributed by atoms with van der Waals surface area (Å²) in [6, 6.07) is 11.0. The van der Waals surface area contributed by atoms with E-state index in [1.165, 1.54) is 6.92 Å². The second-order valence-corrected chi connectivity index (χ2v) is 5.37. The molecular formula is C17H17N3O2. The van der Waals surface area contributed by atoms with Crippen molar-refractivity contribution in [3.8, 4) is 0 Å². The lowest BCUT2D eigenvalue weighted by atomic mass is 9.93. The summed E-state index contributed by atoms with van der Waals surface area (Å²) in [7, 11) is 0. The number of rotatable bonds is 2. The molecule has 2 aromatic rings. The fraction of sp³-hybridized carbons (Fsp3) is 0.235. The summed E-state index contributed by atoms with van der Waals surface area (Å²) in [6.07, 6.45) is 3.77. The number of nitrogens with zero attached hydrogens (tertiary/aromatic N) is 2. The molecule has 1 atom stereocenters. The molecule has 1 aromatic heterocycles. The zero-order chi connectivity index (χ0) is 15.5. The van der Waals surface area contributed by atoms with Crippen LogP contribution in [-0.4, -0.2) is 27.7 Å². The zero-order valence-electron chi connectivity index (χ0n) is 12.3. The maximum absolute atomic E-state index is 12.6. The molecule has 1 N–H and O–H groups in total. The Kier molecular flexibility index (Phi) is 3.87. The number of amides is 2. The molecule has 2 amide bonds. The van der Waals surface area contributed by atoms with Gasteiger partial charge in [0.15, 0.2) is 0 Å². The lowest BCUT2D eigenvalue weighted by Crippen LogP contribution is -2.49. The van der Waals surface area contributed by atoms with E-state index in [1.54, 1.807) is 29.4 Å². The molecule has 0 saturated heterocycles. The van der Waals surface area contributed by atoms with Gasteiger partial charge in [0.2, 0.25) is 11.8 Å². The first-order valence-corrected chi connectivity index (χ1v) is 7.20. The van der Waals surface area contributed by atoms with Gasteiger partial charge in [-0.3, -0.25) is 14.6 Å². The first kappa shape index (κ1) is 14.3. The van der Waals surface area contributed by atoms with Crippen LogP contribution in [0.1, 0.15) is 18.1 Å². The van der Waals surface area contributed by atoms with Crippen LogP contribution < -0.4 is 5.32 Å². The third kappa shape index (κ3) is 2.83. The number of carbonyl (C=O) groups excluding carboxylic acids is 2. The number of aromatic nitrogens is 1. The van der Waals surface area contributed by atoms with E-state index in [4.69, 9.17) is 0 Å². The van der Waals surface area contributed by atoms with Crippen LogP contribution in [0, 0.1) is 0 Å². The summed E-state index contributed by atoms with van der Waals surface area (Å²) < 4.78 is 0. The average molecular weight is 295 g/mol. The Bertz CT molecular complexity index is 700. The number of benzene rings is 1. The number of carbonyl (C=O) groups is 2. The zero-order valence-corrected chi connectivity index (χ0v) is 12.3. The molecule has 0 aliphatic carbocycles. The Morgan fingerprint density at radius 2 is 1.95 bits per heavy atom. The third-order valence-corrected chi connectivity index (χ3v) is 3.88. The molecule has 0 radical (unpaired) electrons. The molecule has 1 aliphatic rings. The Morgan fingerprint density at radius 3 is 2.64 bits per heavy atom. The van der Waals surface area contributed by atoms with Gasteiger partial charge in [-0.25, -0.2) is 0 Å². The van der Waals surface area contributed by atoms with Gasteiger partial charge < -0.3 is 10.2 Å². The van der Waals surface area contributed by atoms with E-state index in [1.807, 2.05) is 24.3 Å². The van der Waals surface area contributed by atoms with Crippen molar-refractivity contribution in [1.82, 2.24) is 9.88 Å². The second kappa shape index (κ2) is 5.97. The van der Waals surface area contributed by atoms with Gasteiger partial charge in [-0.2, -0.15) is 0 Å². The SMILES string of the molecule is CC(=O)N1Cc2ccccc2C[C@H]1C(=O)Nc1cccnc1. The highest BCUT2D eigenvalue weighted by molar-refractivity contribution is 5.97. The van der Waals surface area contributed by atoms with Crippen LogP contribution in [0.3, 0.4) is 0 Å². The topological polar surface area (TPSA) is 62.3 Å². The lowest BCUT2D eigenvalue weighted by molar-refractivity contribution is -0.138. The maximum Gasteiger partial charge on any atom is 0.247 e. The second-order valence-electron chi connectivity index (χ2n) is 5.37. The summed E-state index contributed by atoms with van der Waals surface area (Å²) >= 11 is 0. The molecule has 0 spiro atoms. The molecule has 1 aromatic carbocycles. The highest BCUT2D eigenvalue weighted by atomic mass is 16.2. The summed E-state index contributed by atoms with van der Waals surface area (Å²) in [6.45, 7) is 1.97. The molecule has 0 fully saturated rings. The van der Waals surface area contributed by atoms with Gasteiger partial charge in [0.25, 0.3) is 0 Å². The van der Waals surface area contributed by atoms with Gasteiger partial charge in [0, 0.05) is 26.1 Å². The smallest absolute Gasteiger partial charge is 0.247 e. The average Bonchev–Trinajstić information content (AvgIpc) is 2.54. The van der Waals surface area contributed by atoms with E-state index in [-0.39, 0.29) is 11.8 Å². The van der Waals surface area contributed by atoms with Gasteiger partial charge in [-0.15, -0.1) is 0 Å². The van der Waals surface area contributed by atoms with E-state index in [0.29, 0.717) is 18.7 Å². The van der Waals surface area contributed by atoms with Gasteiger partial charge in [-0.1, -0.05) is 24.3 Å². The Hall–Kier alpha value is -2.69. The molecule has 0 saturated carbocycles. The number of pyridine rings is 1. The first-order chi connectivity index (χ1) is 10.6. The number of nitrogens with one attached hydrogen (secondary N) is 1. The number of hydrogen-bond acceptors (Lipinski definition) is 3. The van der Waals surface area contributed by atoms with Gasteiger partial charge in [-0.05, 0) is 23.3 Å². The van der Waals surface area contributed by atoms with Crippen molar-refractivity contribution < 1.29 is 9.59 Å². The van der Waals surface area contributed by atoms with Gasteiger partial charge >= 0.3 is 0 Å². The minimum atomic E-state index is -0.493. The first-order valence-electron chi connectivity index (χ1n) is 7.20. The highest BCUT2D eigenvalue weighted by Gasteiger charge is 2.32. The normalized spacial score (nSPS) is 16.8. The Morgan fingerprint density at radius 1 is 1.18 bits per heavy atom. The maximum atomic E-state index is 12.6. The van der Waals surface area contributed by atoms with Crippen molar-refractivity contribution in [2.24, 2.45) is 0 Å². The Balaban J connectivity index is 1.84. The predicted octanol–water partition coefficient (Wildman–Crippen LogP) is 1.99. The Labute approximate surface area is 129 Å². The fourth-order valence-electron chi connectivity index (χ4n) is 2.75. The van der Waals surface area contributed by atoms with E-state index in [2.05, 4.69) is 10.3 Å². The third-order valence-electron chi connectivity index (χ3n) is 3.88. The van der Waals surface area contributed by atoms with Crippen molar-refractivity contribution in [2.75, 3.05) is 5.32 Å². The lowest BCUT2D eigenvalue weighted by Gasteiger charge is -2.35. The molecule has 5 nitrogen and oxygen atoms in total. The predicted molar refractivity (Wildman–Crippen MR) is 83.0 cm³/mol. The quantitative estimate of drug-likeness (QED) is 0.921. The van der Waals surface area contributed by atoms with Crippen molar-refractivity contribution in [3.05, 3.63) is 59.9 Å². The van der Waals surface area contributed by atoms with E-state index < -0.39 is 6.04 Å². The monoisotopic (exact) mass is 295 g/mol. The van der Waals surface area contributed by atoms with Gasteiger partial charge in [0.1, 0.15) is 6.04 Å². The van der Waals surface area contributed by atoms with Crippen LogP contribution in [0.5, 0.6) is 0 Å². The van der Waals surface area contributed by atoms with Crippen LogP contribution >= 0.6 is 0 Å². The van der Waals surface area contributed by atoms with Crippen LogP contribution in [0.25, 0.3) is 0 Å². The van der Waals surface area contributed by atoms with E-state index in [0.717, 1.165) is 11.1 Å². The van der Waals surface area contributed by atoms with Crippen molar-refractivity contribution >= 4 is 17.5 Å². The van der Waals surface area contributed by atoms with Crippen LogP contribution in [-0.2, 0) is 22.6 Å². The minimum absolute atomic E-state index is 0.0964. The number of fused-ring (bicyclic) bond motifs is 1. The number of anilines is 1. The number of hydrogen-bond donors (Lipinski definition) is 1. The molecule has 0 unspecified atom stereocenters. The minimum Gasteiger partial charge on any atom is -0.326 e. The van der Waals surface area contributed by atoms with Crippen molar-refractivity contribution in [2.45, 2.75) is 25.9 Å². The van der Waals surface area contributed by atoms with Crippen molar-refractivity contribution in [3.63, 3.8) is 0 Å². The summed E-state index contributed by atoms with van der Waals surface area (Å²) in [4.78, 5) is 30.1. The van der Waals surface area contributed by atoms with E-state index in [9.17, 15) is 9.59 Å². The fourth-order valence-corrected chi connectivity index (χ4v) is 2.75. The van der Waals surface area contributed by atoms with Gasteiger partial charge in [0.05, 0.1) is 11.9 Å². The summed E-state index contributed by atoms with van der Waals surface area (Å²) in [5.74, 6) is -0.279. The van der Waals surface area contributed by atoms with Crippen LogP contribution in [0.4, 0.5) is 5.69 Å². The van der Waals surface area contributed by atoms with Crippen LogP contribution in [0.15, 0.2) is 48.8 Å². The molecule has 3 rings (SSSR count). The van der Waals surface area contributed by atoms with E-state index >= 15 is 0 Å². The standard InChI is InChI=1S/C17H17N3O2/c1-12(21)20-11-14-6-3-2-5-13(14)9-16(20)17(22)19-15-7-4-8-18-10-15/h2-8,10,16H,9,11H2,1H3,(H,19,22)/t16-/m0/s1. The highest BCUT2D eigenvalue weighted by Crippen LogP contribution is 2.24. The molecule has 0 bridgehead atoms. The molecule has 5 heteroatoms. The molecule has 112 valence electrons. The molecular weight excluding hydrogens is 278 g/mol. The molecule has 1 aliphatic heterocycles. The van der Waals surface area contributed by atoms with Crippen molar-refractivity contribution in [1.29, 1.82) is 0 Å². The van der Waals surface area contributed by atoms with Crippen LogP contribution in [0.2, 0.25) is 0 Å². The largest absolute Gasteiger partial charge is 0.326 e. The molecule has 22 heavy (non-hydrogen) atoms.